The average molecular weight is 481 g/mol. The molecule has 0 saturated heterocycles. The standard InChI is InChI=1S/C21H16Cl3N3O2S/c1-13-5-3-4-6-19(13)25-26-30-27(15-8-10-17(23)20(12-15)29-2)21(28)16-9-7-14(22)11-18(16)24/h3-12H,1-2H3. The third-order valence-corrected chi connectivity index (χ3v) is 5.65. The Bertz CT molecular complexity index is 1110. The number of halogens is 3. The first kappa shape index (κ1) is 22.4. The molecule has 0 aliphatic rings. The molecular formula is C21H16Cl3N3O2S. The first-order valence-corrected chi connectivity index (χ1v) is 10.5. The largest absolute Gasteiger partial charge is 0.495 e. The smallest absolute Gasteiger partial charge is 0.271 e. The van der Waals surface area contributed by atoms with Crippen LogP contribution in [0.15, 0.2) is 70.3 Å². The molecule has 0 N–H and O–H groups in total. The summed E-state index contributed by atoms with van der Waals surface area (Å²) in [6, 6.07) is 17.2. The summed E-state index contributed by atoms with van der Waals surface area (Å²) in [5, 5.41) is 5.31. The Balaban J connectivity index is 1.98. The van der Waals surface area contributed by atoms with Gasteiger partial charge in [-0.2, -0.15) is 0 Å². The van der Waals surface area contributed by atoms with Crippen molar-refractivity contribution in [1.82, 2.24) is 0 Å². The van der Waals surface area contributed by atoms with E-state index in [0.717, 1.165) is 17.7 Å². The summed E-state index contributed by atoms with van der Waals surface area (Å²) in [5.74, 6) is 0.0281. The molecule has 5 nitrogen and oxygen atoms in total. The molecule has 0 spiro atoms. The van der Waals surface area contributed by atoms with E-state index in [0.29, 0.717) is 27.2 Å². The van der Waals surface area contributed by atoms with Crippen molar-refractivity contribution in [2.45, 2.75) is 6.92 Å². The van der Waals surface area contributed by atoms with Crippen LogP contribution in [0.5, 0.6) is 5.75 Å². The van der Waals surface area contributed by atoms with E-state index in [9.17, 15) is 4.79 Å². The van der Waals surface area contributed by atoms with Gasteiger partial charge < -0.3 is 4.74 Å². The van der Waals surface area contributed by atoms with Crippen LogP contribution in [0.2, 0.25) is 15.1 Å². The Morgan fingerprint density at radius 2 is 1.77 bits per heavy atom. The van der Waals surface area contributed by atoms with Crippen LogP contribution in [0.1, 0.15) is 15.9 Å². The second kappa shape index (κ2) is 10.2. The molecule has 0 heterocycles. The second-order valence-corrected chi connectivity index (χ2v) is 8.03. The van der Waals surface area contributed by atoms with Crippen LogP contribution in [0, 0.1) is 6.92 Å². The van der Waals surface area contributed by atoms with Crippen LogP contribution >= 0.6 is 46.9 Å². The van der Waals surface area contributed by atoms with Gasteiger partial charge in [0.25, 0.3) is 5.91 Å². The molecule has 0 atom stereocenters. The van der Waals surface area contributed by atoms with Crippen molar-refractivity contribution >= 4 is 64.2 Å². The normalized spacial score (nSPS) is 11.0. The number of benzene rings is 3. The van der Waals surface area contributed by atoms with Crippen LogP contribution in [0.25, 0.3) is 0 Å². The lowest BCUT2D eigenvalue weighted by molar-refractivity contribution is 0.101. The van der Waals surface area contributed by atoms with Crippen molar-refractivity contribution in [3.05, 3.63) is 86.9 Å². The molecular weight excluding hydrogens is 465 g/mol. The molecule has 0 aliphatic heterocycles. The summed E-state index contributed by atoms with van der Waals surface area (Å²) >= 11 is 19.2. The number of aryl methyl sites for hydroxylation is 1. The molecule has 0 fully saturated rings. The fourth-order valence-corrected chi connectivity index (χ4v) is 3.78. The van der Waals surface area contributed by atoms with Gasteiger partial charge in [-0.1, -0.05) is 57.5 Å². The minimum atomic E-state index is -0.394. The van der Waals surface area contributed by atoms with Crippen LogP contribution in [-0.4, -0.2) is 13.0 Å². The van der Waals surface area contributed by atoms with E-state index in [-0.39, 0.29) is 10.6 Å². The highest BCUT2D eigenvalue weighted by molar-refractivity contribution is 8.00. The van der Waals surface area contributed by atoms with Crippen LogP contribution in [0.4, 0.5) is 11.4 Å². The van der Waals surface area contributed by atoms with Gasteiger partial charge in [0.1, 0.15) is 17.9 Å². The van der Waals surface area contributed by atoms with Crippen molar-refractivity contribution in [2.24, 2.45) is 9.63 Å². The second-order valence-electron chi connectivity index (χ2n) is 6.09. The molecule has 1 amide bonds. The van der Waals surface area contributed by atoms with Crippen LogP contribution < -0.4 is 9.04 Å². The summed E-state index contributed by atoms with van der Waals surface area (Å²) in [7, 11) is 1.50. The van der Waals surface area contributed by atoms with Crippen LogP contribution in [0.3, 0.4) is 0 Å². The van der Waals surface area contributed by atoms with E-state index in [2.05, 4.69) is 9.63 Å². The monoisotopic (exact) mass is 479 g/mol. The number of carbonyl (C=O) groups excluding carboxylic acids is 1. The number of amides is 1. The number of nitrogens with zero attached hydrogens (tertiary/aromatic N) is 3. The summed E-state index contributed by atoms with van der Waals surface area (Å²) in [4.78, 5) is 13.3. The highest BCUT2D eigenvalue weighted by Gasteiger charge is 2.23. The fourth-order valence-electron chi connectivity index (χ4n) is 2.52. The maximum Gasteiger partial charge on any atom is 0.271 e. The van der Waals surface area contributed by atoms with E-state index in [1.807, 2.05) is 31.2 Å². The molecule has 0 unspecified atom stereocenters. The summed E-state index contributed by atoms with van der Waals surface area (Å²) < 4.78 is 10.8. The molecule has 0 radical (unpaired) electrons. The Labute approximate surface area is 193 Å². The highest BCUT2D eigenvalue weighted by atomic mass is 35.5. The molecule has 154 valence electrons. The predicted molar refractivity (Wildman–Crippen MR) is 125 cm³/mol. The lowest BCUT2D eigenvalue weighted by Gasteiger charge is -2.20. The number of methoxy groups -OCH3 is 1. The van der Waals surface area contributed by atoms with E-state index in [4.69, 9.17) is 39.5 Å². The van der Waals surface area contributed by atoms with Gasteiger partial charge in [-0.05, 0) is 48.9 Å². The van der Waals surface area contributed by atoms with Crippen molar-refractivity contribution in [2.75, 3.05) is 11.4 Å². The third kappa shape index (κ3) is 5.26. The van der Waals surface area contributed by atoms with Crippen molar-refractivity contribution in [3.8, 4) is 5.75 Å². The quantitative estimate of drug-likeness (QED) is 0.265. The summed E-state index contributed by atoms with van der Waals surface area (Å²) in [6.45, 7) is 1.93. The molecule has 0 bridgehead atoms. The van der Waals surface area contributed by atoms with E-state index >= 15 is 0 Å². The molecule has 3 aromatic rings. The molecule has 3 rings (SSSR count). The molecule has 30 heavy (non-hydrogen) atoms. The molecule has 0 aliphatic carbocycles. The third-order valence-electron chi connectivity index (χ3n) is 4.10. The first-order chi connectivity index (χ1) is 14.4. The lowest BCUT2D eigenvalue weighted by atomic mass is 10.2. The SMILES string of the molecule is COc1cc(N(SN=Nc2ccccc2C)C(=O)c2ccc(Cl)cc2Cl)ccc1Cl. The maximum absolute atomic E-state index is 13.3. The topological polar surface area (TPSA) is 54.3 Å². The average Bonchev–Trinajstić information content (AvgIpc) is 2.73. The number of carbonyl (C=O) groups is 1. The van der Waals surface area contributed by atoms with E-state index < -0.39 is 5.91 Å². The van der Waals surface area contributed by atoms with Gasteiger partial charge in [0, 0.05) is 11.1 Å². The zero-order chi connectivity index (χ0) is 21.7. The highest BCUT2D eigenvalue weighted by Crippen LogP contribution is 2.35. The fraction of sp³-hybridized carbons (Fsp3) is 0.0952. The lowest BCUT2D eigenvalue weighted by Crippen LogP contribution is -2.23. The van der Waals surface area contributed by atoms with Crippen molar-refractivity contribution in [1.29, 1.82) is 0 Å². The van der Waals surface area contributed by atoms with E-state index in [1.54, 1.807) is 30.3 Å². The van der Waals surface area contributed by atoms with Crippen LogP contribution in [-0.2, 0) is 0 Å². The number of ether oxygens (including phenoxy) is 1. The van der Waals surface area contributed by atoms with Gasteiger partial charge in [0.15, 0.2) is 0 Å². The number of hydrogen-bond donors (Lipinski definition) is 0. The molecule has 0 saturated carbocycles. The first-order valence-electron chi connectivity index (χ1n) is 8.67. The predicted octanol–water partition coefficient (Wildman–Crippen LogP) is 7.96. The van der Waals surface area contributed by atoms with Gasteiger partial charge in [0.2, 0.25) is 0 Å². The number of hydrogen-bond acceptors (Lipinski definition) is 5. The van der Waals surface area contributed by atoms with Gasteiger partial charge in [-0.25, -0.2) is 4.31 Å². The van der Waals surface area contributed by atoms with Gasteiger partial charge in [-0.15, -0.1) is 5.11 Å². The van der Waals surface area contributed by atoms with Gasteiger partial charge >= 0.3 is 0 Å². The van der Waals surface area contributed by atoms with Crippen molar-refractivity contribution < 1.29 is 9.53 Å². The Hall–Kier alpha value is -2.25. The zero-order valence-corrected chi connectivity index (χ0v) is 19.1. The number of rotatable bonds is 6. The van der Waals surface area contributed by atoms with Gasteiger partial charge in [-0.3, -0.25) is 4.79 Å². The zero-order valence-electron chi connectivity index (χ0n) is 16.0. The Morgan fingerprint density at radius 3 is 2.47 bits per heavy atom. The Kier molecular flexibility index (Phi) is 7.61. The summed E-state index contributed by atoms with van der Waals surface area (Å²) in [5.41, 5.74) is 2.44. The minimum absolute atomic E-state index is 0.231. The molecule has 3 aromatic carbocycles. The van der Waals surface area contributed by atoms with E-state index in [1.165, 1.54) is 17.5 Å². The molecule has 9 heteroatoms. The Morgan fingerprint density at radius 1 is 1.00 bits per heavy atom. The minimum Gasteiger partial charge on any atom is -0.495 e. The maximum atomic E-state index is 13.3. The van der Waals surface area contributed by atoms with Gasteiger partial charge in [0.05, 0.1) is 34.1 Å². The summed E-state index contributed by atoms with van der Waals surface area (Å²) in [6.07, 6.45) is 0. The number of anilines is 1. The molecule has 0 aromatic heterocycles. The van der Waals surface area contributed by atoms with Crippen molar-refractivity contribution in [3.63, 3.8) is 0 Å².